The van der Waals surface area contributed by atoms with Gasteiger partial charge in [0.05, 0.1) is 5.92 Å². The van der Waals surface area contributed by atoms with E-state index in [1.165, 1.54) is 0 Å². The van der Waals surface area contributed by atoms with Gasteiger partial charge in [-0.15, -0.1) is 0 Å². The minimum absolute atomic E-state index is 0. The number of rotatable bonds is 7. The number of hydrogen-bond acceptors (Lipinski definition) is 3. The summed E-state index contributed by atoms with van der Waals surface area (Å²) in [6, 6.07) is 0. The molecule has 0 saturated heterocycles. The summed E-state index contributed by atoms with van der Waals surface area (Å²) < 4.78 is 0. The van der Waals surface area contributed by atoms with E-state index in [9.17, 15) is 14.7 Å². The largest absolute Gasteiger partial charge is 1.00 e. The van der Waals surface area contributed by atoms with Crippen molar-refractivity contribution in [3.8, 4) is 0 Å². The van der Waals surface area contributed by atoms with Crippen molar-refractivity contribution in [2.45, 2.75) is 39.0 Å². The third kappa shape index (κ3) is 9.14. The van der Waals surface area contributed by atoms with Crippen LogP contribution in [0.15, 0.2) is 0 Å². The predicted octanol–water partition coefficient (Wildman–Crippen LogP) is -2.59. The standard InChI is InChI=1S/C9H16O4.K/c1-2-3-4-5-7(9(12)13)6-8(10)11;/h7H,2-6H2,1H3,(H,10,11)(H,12,13);/q;+1/p-1. The van der Waals surface area contributed by atoms with Crippen molar-refractivity contribution in [2.24, 2.45) is 5.92 Å². The van der Waals surface area contributed by atoms with Crippen LogP contribution in [-0.2, 0) is 9.59 Å². The van der Waals surface area contributed by atoms with Gasteiger partial charge in [0.2, 0.25) is 0 Å². The number of carboxylic acid groups (broad SMARTS) is 2. The maximum Gasteiger partial charge on any atom is 1.00 e. The molecule has 0 fully saturated rings. The van der Waals surface area contributed by atoms with Crippen molar-refractivity contribution in [1.29, 1.82) is 0 Å². The summed E-state index contributed by atoms with van der Waals surface area (Å²) in [5.41, 5.74) is 0. The molecular weight excluding hydrogens is 211 g/mol. The topological polar surface area (TPSA) is 77.4 Å². The monoisotopic (exact) mass is 226 g/mol. The molecule has 0 aromatic carbocycles. The smallest absolute Gasteiger partial charge is 0.550 e. The normalized spacial score (nSPS) is 11.5. The van der Waals surface area contributed by atoms with Crippen LogP contribution in [0, 0.1) is 5.92 Å². The molecule has 4 nitrogen and oxygen atoms in total. The summed E-state index contributed by atoms with van der Waals surface area (Å²) in [5, 5.41) is 18.8. The maximum absolute atomic E-state index is 10.5. The van der Waals surface area contributed by atoms with Crippen LogP contribution in [0.5, 0.6) is 0 Å². The van der Waals surface area contributed by atoms with Gasteiger partial charge in [0.25, 0.3) is 0 Å². The predicted molar refractivity (Wildman–Crippen MR) is 44.9 cm³/mol. The summed E-state index contributed by atoms with van der Waals surface area (Å²) in [6.07, 6.45) is 2.76. The molecule has 0 amide bonds. The van der Waals surface area contributed by atoms with Crippen LogP contribution >= 0.6 is 0 Å². The van der Waals surface area contributed by atoms with Crippen LogP contribution in [0.3, 0.4) is 0 Å². The Hall–Kier alpha value is 0.576. The number of unbranched alkanes of at least 4 members (excludes halogenated alkanes) is 2. The molecule has 0 aliphatic heterocycles. The molecule has 0 aliphatic carbocycles. The van der Waals surface area contributed by atoms with Gasteiger partial charge in [0.15, 0.2) is 0 Å². The molecule has 0 aromatic heterocycles. The molecule has 0 heterocycles. The number of aliphatic carboxylic acids is 2. The van der Waals surface area contributed by atoms with Gasteiger partial charge in [-0.1, -0.05) is 26.2 Å². The van der Waals surface area contributed by atoms with Crippen LogP contribution in [-0.4, -0.2) is 17.0 Å². The molecule has 1 atom stereocenters. The first kappa shape index (κ1) is 17.0. The Balaban J connectivity index is 0. The number of hydrogen-bond donors (Lipinski definition) is 1. The summed E-state index contributed by atoms with van der Waals surface area (Å²) in [7, 11) is 0. The van der Waals surface area contributed by atoms with E-state index in [1.54, 1.807) is 0 Å². The Morgan fingerprint density at radius 2 is 1.93 bits per heavy atom. The molecule has 5 heteroatoms. The SMILES string of the molecule is CCCCCC(CC(=O)[O-])C(=O)O.[K+]. The van der Waals surface area contributed by atoms with E-state index >= 15 is 0 Å². The Morgan fingerprint density at radius 1 is 1.36 bits per heavy atom. The zero-order chi connectivity index (χ0) is 10.3. The average molecular weight is 226 g/mol. The second-order valence-electron chi connectivity index (χ2n) is 3.11. The molecule has 14 heavy (non-hydrogen) atoms. The van der Waals surface area contributed by atoms with Gasteiger partial charge < -0.3 is 15.0 Å². The van der Waals surface area contributed by atoms with E-state index in [0.717, 1.165) is 19.3 Å². The minimum Gasteiger partial charge on any atom is -0.550 e. The third-order valence-electron chi connectivity index (χ3n) is 1.92. The van der Waals surface area contributed by atoms with Crippen LogP contribution in [0.1, 0.15) is 39.0 Å². The van der Waals surface area contributed by atoms with Crippen LogP contribution in [0.2, 0.25) is 0 Å². The van der Waals surface area contributed by atoms with Crippen molar-refractivity contribution in [3.63, 3.8) is 0 Å². The molecule has 0 spiro atoms. The Morgan fingerprint density at radius 3 is 2.29 bits per heavy atom. The van der Waals surface area contributed by atoms with Crippen LogP contribution in [0.4, 0.5) is 0 Å². The van der Waals surface area contributed by atoms with Crippen molar-refractivity contribution in [1.82, 2.24) is 0 Å². The van der Waals surface area contributed by atoms with Gasteiger partial charge in [-0.05, 0) is 6.42 Å². The Bertz CT molecular complexity index is 182. The number of carbonyl (C=O) groups excluding carboxylic acids is 1. The van der Waals surface area contributed by atoms with E-state index in [4.69, 9.17) is 5.11 Å². The van der Waals surface area contributed by atoms with Gasteiger partial charge in [-0.3, -0.25) is 4.79 Å². The molecular formula is C9H15KO4. The van der Waals surface area contributed by atoms with E-state index in [-0.39, 0.29) is 57.8 Å². The van der Waals surface area contributed by atoms with Crippen LogP contribution < -0.4 is 56.5 Å². The fraction of sp³-hybridized carbons (Fsp3) is 0.778. The first-order chi connectivity index (χ1) is 6.07. The van der Waals surface area contributed by atoms with Gasteiger partial charge >= 0.3 is 57.4 Å². The second kappa shape index (κ2) is 10.1. The van der Waals surface area contributed by atoms with Gasteiger partial charge in [-0.25, -0.2) is 0 Å². The summed E-state index contributed by atoms with van der Waals surface area (Å²) in [5.74, 6) is -3.11. The molecule has 0 saturated carbocycles. The summed E-state index contributed by atoms with van der Waals surface area (Å²) in [6.45, 7) is 2.01. The first-order valence-electron chi connectivity index (χ1n) is 4.50. The zero-order valence-corrected chi connectivity index (χ0v) is 11.9. The molecule has 76 valence electrons. The van der Waals surface area contributed by atoms with E-state index in [1.807, 2.05) is 6.92 Å². The first-order valence-corrected chi connectivity index (χ1v) is 4.50. The average Bonchev–Trinajstić information content (AvgIpc) is 2.02. The van der Waals surface area contributed by atoms with Gasteiger partial charge in [0.1, 0.15) is 0 Å². The van der Waals surface area contributed by atoms with E-state index in [2.05, 4.69) is 0 Å². The zero-order valence-electron chi connectivity index (χ0n) is 8.78. The van der Waals surface area contributed by atoms with Crippen molar-refractivity contribution >= 4 is 11.9 Å². The molecule has 0 aliphatic rings. The molecule has 1 unspecified atom stereocenters. The van der Waals surface area contributed by atoms with Crippen LogP contribution in [0.25, 0.3) is 0 Å². The molecule has 1 N–H and O–H groups in total. The third-order valence-corrected chi connectivity index (χ3v) is 1.92. The molecule has 0 rings (SSSR count). The minimum atomic E-state index is -1.29. The summed E-state index contributed by atoms with van der Waals surface area (Å²) >= 11 is 0. The quantitative estimate of drug-likeness (QED) is 0.382. The number of carbonyl (C=O) groups is 2. The molecule has 0 radical (unpaired) electrons. The van der Waals surface area contributed by atoms with Gasteiger partial charge in [0, 0.05) is 12.4 Å². The fourth-order valence-corrected chi connectivity index (χ4v) is 1.15. The Labute approximate surface area is 126 Å². The second-order valence-corrected chi connectivity index (χ2v) is 3.11. The Kier molecular flexibility index (Phi) is 12.3. The molecule has 0 bridgehead atoms. The van der Waals surface area contributed by atoms with E-state index in [0.29, 0.717) is 6.42 Å². The van der Waals surface area contributed by atoms with Gasteiger partial charge in [-0.2, -0.15) is 0 Å². The van der Waals surface area contributed by atoms with Crippen molar-refractivity contribution in [2.75, 3.05) is 0 Å². The maximum atomic E-state index is 10.5. The van der Waals surface area contributed by atoms with Crippen molar-refractivity contribution < 1.29 is 71.2 Å². The number of carboxylic acids is 2. The summed E-state index contributed by atoms with van der Waals surface area (Å²) in [4.78, 5) is 20.7. The fourth-order valence-electron chi connectivity index (χ4n) is 1.15. The van der Waals surface area contributed by atoms with E-state index < -0.39 is 17.9 Å². The molecule has 0 aromatic rings. The van der Waals surface area contributed by atoms with Crippen molar-refractivity contribution in [3.05, 3.63) is 0 Å².